The second kappa shape index (κ2) is 7.78. The fourth-order valence-electron chi connectivity index (χ4n) is 1.40. The molecule has 0 aromatic carbocycles. The van der Waals surface area contributed by atoms with E-state index in [0.29, 0.717) is 5.56 Å². The molecule has 0 aliphatic rings. The van der Waals surface area contributed by atoms with Gasteiger partial charge in [-0.2, -0.15) is 0 Å². The van der Waals surface area contributed by atoms with E-state index in [2.05, 4.69) is 10.3 Å². The molecule has 1 aromatic rings. The Labute approximate surface area is 122 Å². The number of nitrogens with zero attached hydrogens (tertiary/aromatic N) is 2. The van der Waals surface area contributed by atoms with Crippen molar-refractivity contribution < 1.29 is 19.5 Å². The third-order valence-electron chi connectivity index (χ3n) is 2.56. The predicted octanol–water partition coefficient (Wildman–Crippen LogP) is 0.387. The van der Waals surface area contributed by atoms with Crippen molar-refractivity contribution in [2.45, 2.75) is 6.42 Å². The van der Waals surface area contributed by atoms with E-state index in [-0.39, 0.29) is 30.5 Å². The summed E-state index contributed by atoms with van der Waals surface area (Å²) in [5, 5.41) is 11.1. The van der Waals surface area contributed by atoms with E-state index in [1.807, 2.05) is 0 Å². The monoisotopic (exact) mass is 291 g/mol. The van der Waals surface area contributed by atoms with Crippen molar-refractivity contribution in [3.05, 3.63) is 35.7 Å². The van der Waals surface area contributed by atoms with Gasteiger partial charge >= 0.3 is 5.97 Å². The number of pyridine rings is 1. The predicted molar refractivity (Wildman–Crippen MR) is 76.6 cm³/mol. The van der Waals surface area contributed by atoms with Crippen molar-refractivity contribution in [3.8, 4) is 0 Å². The van der Waals surface area contributed by atoms with Crippen LogP contribution in [0.4, 0.5) is 0 Å². The van der Waals surface area contributed by atoms with Gasteiger partial charge in [-0.15, -0.1) is 0 Å². The molecule has 0 unspecified atom stereocenters. The number of amides is 2. The lowest BCUT2D eigenvalue weighted by Crippen LogP contribution is -2.30. The molecule has 2 amide bonds. The van der Waals surface area contributed by atoms with Crippen molar-refractivity contribution >= 4 is 23.9 Å². The average Bonchev–Trinajstić information content (AvgIpc) is 2.45. The number of aliphatic carboxylic acids is 1. The van der Waals surface area contributed by atoms with Gasteiger partial charge in [0.15, 0.2) is 0 Å². The average molecular weight is 291 g/mol. The van der Waals surface area contributed by atoms with Crippen molar-refractivity contribution in [3.63, 3.8) is 0 Å². The van der Waals surface area contributed by atoms with Crippen LogP contribution in [0.1, 0.15) is 22.5 Å². The number of nitrogens with one attached hydrogen (secondary N) is 1. The van der Waals surface area contributed by atoms with Crippen LogP contribution in [0.5, 0.6) is 0 Å². The fourth-order valence-corrected chi connectivity index (χ4v) is 1.40. The quantitative estimate of drug-likeness (QED) is 0.738. The van der Waals surface area contributed by atoms with Crippen LogP contribution in [0, 0.1) is 0 Å². The maximum Gasteiger partial charge on any atom is 0.328 e. The van der Waals surface area contributed by atoms with Crippen LogP contribution in [0.2, 0.25) is 0 Å². The van der Waals surface area contributed by atoms with Crippen LogP contribution in [0.3, 0.4) is 0 Å². The van der Waals surface area contributed by atoms with E-state index in [1.54, 1.807) is 20.2 Å². The van der Waals surface area contributed by atoms with Gasteiger partial charge in [-0.3, -0.25) is 14.6 Å². The molecule has 1 heterocycles. The summed E-state index contributed by atoms with van der Waals surface area (Å²) in [6.07, 6.45) is 3.99. The number of aromatic nitrogens is 1. The summed E-state index contributed by atoms with van der Waals surface area (Å²) in [5.41, 5.74) is 0.788. The minimum atomic E-state index is -1.05. The number of carboxylic acids is 1. The molecule has 0 bridgehead atoms. The number of rotatable bonds is 6. The van der Waals surface area contributed by atoms with E-state index in [4.69, 9.17) is 5.11 Å². The molecule has 0 spiro atoms. The summed E-state index contributed by atoms with van der Waals surface area (Å²) < 4.78 is 0. The summed E-state index contributed by atoms with van der Waals surface area (Å²) in [7, 11) is 3.30. The van der Waals surface area contributed by atoms with Gasteiger partial charge < -0.3 is 15.3 Å². The van der Waals surface area contributed by atoms with Crippen molar-refractivity contribution in [2.75, 3.05) is 20.6 Å². The Balaban J connectivity index is 2.52. The Morgan fingerprint density at radius 2 is 2.05 bits per heavy atom. The van der Waals surface area contributed by atoms with Gasteiger partial charge in [0.2, 0.25) is 5.91 Å². The highest BCUT2D eigenvalue weighted by Crippen LogP contribution is 2.02. The molecule has 7 heteroatoms. The van der Waals surface area contributed by atoms with E-state index < -0.39 is 5.97 Å². The standard InChI is InChI=1S/C14H17N3O4/c1-17(2)12(18)7-8-15-14(21)11-5-3-10(9-16-11)4-6-13(19)20/h3-6,9H,7-8H2,1-2H3,(H,15,21)(H,19,20). The molecule has 112 valence electrons. The van der Waals surface area contributed by atoms with Gasteiger partial charge in [0.25, 0.3) is 5.91 Å². The van der Waals surface area contributed by atoms with Crippen LogP contribution in [0.15, 0.2) is 24.4 Å². The van der Waals surface area contributed by atoms with Crippen molar-refractivity contribution in [2.24, 2.45) is 0 Å². The molecule has 0 saturated heterocycles. The largest absolute Gasteiger partial charge is 0.478 e. The molecular formula is C14H17N3O4. The molecule has 2 N–H and O–H groups in total. The Bertz CT molecular complexity index is 550. The van der Waals surface area contributed by atoms with Crippen LogP contribution in [0.25, 0.3) is 6.08 Å². The normalized spacial score (nSPS) is 10.4. The molecule has 7 nitrogen and oxygen atoms in total. The lowest BCUT2D eigenvalue weighted by Gasteiger charge is -2.10. The van der Waals surface area contributed by atoms with Gasteiger partial charge in [0.1, 0.15) is 5.69 Å². The Morgan fingerprint density at radius 3 is 2.57 bits per heavy atom. The van der Waals surface area contributed by atoms with Crippen LogP contribution < -0.4 is 5.32 Å². The first-order valence-electron chi connectivity index (χ1n) is 6.25. The van der Waals surface area contributed by atoms with Gasteiger partial charge in [-0.25, -0.2) is 4.79 Å². The summed E-state index contributed by atoms with van der Waals surface area (Å²) in [6, 6.07) is 3.08. The molecule has 21 heavy (non-hydrogen) atoms. The number of carbonyl (C=O) groups excluding carboxylic acids is 2. The molecule has 0 saturated carbocycles. The molecule has 0 atom stereocenters. The molecule has 0 aliphatic heterocycles. The zero-order valence-corrected chi connectivity index (χ0v) is 11.9. The Morgan fingerprint density at radius 1 is 1.33 bits per heavy atom. The minimum absolute atomic E-state index is 0.0718. The van der Waals surface area contributed by atoms with Crippen molar-refractivity contribution in [1.29, 1.82) is 0 Å². The maximum absolute atomic E-state index is 11.8. The third kappa shape index (κ3) is 5.85. The van der Waals surface area contributed by atoms with Crippen LogP contribution >= 0.6 is 0 Å². The van der Waals surface area contributed by atoms with E-state index in [0.717, 1.165) is 6.08 Å². The molecular weight excluding hydrogens is 274 g/mol. The topological polar surface area (TPSA) is 99.6 Å². The summed E-state index contributed by atoms with van der Waals surface area (Å²) in [4.78, 5) is 38.9. The molecule has 1 rings (SSSR count). The fraction of sp³-hybridized carbons (Fsp3) is 0.286. The lowest BCUT2D eigenvalue weighted by atomic mass is 10.2. The van der Waals surface area contributed by atoms with E-state index in [1.165, 1.54) is 23.2 Å². The number of carbonyl (C=O) groups is 3. The lowest BCUT2D eigenvalue weighted by molar-refractivity contribution is -0.131. The number of carboxylic acid groups (broad SMARTS) is 1. The Kier molecular flexibility index (Phi) is 6.06. The van der Waals surface area contributed by atoms with Crippen LogP contribution in [-0.2, 0) is 9.59 Å². The summed E-state index contributed by atoms with van der Waals surface area (Å²) in [5.74, 6) is -1.50. The molecule has 1 aromatic heterocycles. The van der Waals surface area contributed by atoms with E-state index in [9.17, 15) is 14.4 Å². The highest BCUT2D eigenvalue weighted by Gasteiger charge is 2.08. The molecule has 0 aliphatic carbocycles. The summed E-state index contributed by atoms with van der Waals surface area (Å²) >= 11 is 0. The maximum atomic E-state index is 11.8. The summed E-state index contributed by atoms with van der Waals surface area (Å²) in [6.45, 7) is 0.234. The molecule has 0 radical (unpaired) electrons. The zero-order chi connectivity index (χ0) is 15.8. The van der Waals surface area contributed by atoms with E-state index >= 15 is 0 Å². The first-order chi connectivity index (χ1) is 9.90. The number of hydrogen-bond donors (Lipinski definition) is 2. The SMILES string of the molecule is CN(C)C(=O)CCNC(=O)c1ccc(C=CC(=O)O)cn1. The second-order valence-electron chi connectivity index (χ2n) is 4.44. The first-order valence-corrected chi connectivity index (χ1v) is 6.25. The zero-order valence-electron chi connectivity index (χ0n) is 11.9. The van der Waals surface area contributed by atoms with Crippen LogP contribution in [-0.4, -0.2) is 53.4 Å². The van der Waals surface area contributed by atoms with Gasteiger partial charge in [0.05, 0.1) is 0 Å². The van der Waals surface area contributed by atoms with Gasteiger partial charge in [0, 0.05) is 39.3 Å². The number of hydrogen-bond acceptors (Lipinski definition) is 4. The van der Waals surface area contributed by atoms with Crippen molar-refractivity contribution in [1.82, 2.24) is 15.2 Å². The highest BCUT2D eigenvalue weighted by molar-refractivity contribution is 5.92. The molecule has 0 fully saturated rings. The third-order valence-corrected chi connectivity index (χ3v) is 2.56. The van der Waals surface area contributed by atoms with Gasteiger partial charge in [-0.05, 0) is 17.7 Å². The minimum Gasteiger partial charge on any atom is -0.478 e. The van der Waals surface area contributed by atoms with Gasteiger partial charge in [-0.1, -0.05) is 6.07 Å². The first kappa shape index (κ1) is 16.4. The highest BCUT2D eigenvalue weighted by atomic mass is 16.4. The second-order valence-corrected chi connectivity index (χ2v) is 4.44. The smallest absolute Gasteiger partial charge is 0.328 e. The Hall–Kier alpha value is -2.70.